The van der Waals surface area contributed by atoms with E-state index < -0.39 is 5.97 Å². The molecule has 0 unspecified atom stereocenters. The Bertz CT molecular complexity index is 739. The Morgan fingerprint density at radius 1 is 1.18 bits per heavy atom. The second kappa shape index (κ2) is 7.30. The molecular weight excluding hydrogens is 358 g/mol. The van der Waals surface area contributed by atoms with E-state index in [1.807, 2.05) is 0 Å². The Hall–Kier alpha value is -2.24. The van der Waals surface area contributed by atoms with Crippen molar-refractivity contribution in [3.05, 3.63) is 23.8 Å². The highest BCUT2D eigenvalue weighted by Gasteiger charge is 2.53. The van der Waals surface area contributed by atoms with Crippen LogP contribution in [-0.2, 0) is 9.53 Å². The van der Waals surface area contributed by atoms with Gasteiger partial charge in [-0.1, -0.05) is 0 Å². The van der Waals surface area contributed by atoms with E-state index in [-0.39, 0.29) is 35.3 Å². The summed E-state index contributed by atoms with van der Waals surface area (Å²) in [6, 6.07) is 4.41. The largest absolute Gasteiger partial charge is 0.507 e. The normalized spacial score (nSPS) is 31.3. The number of phenols is 1. The molecule has 152 valence electrons. The lowest BCUT2D eigenvalue weighted by Crippen LogP contribution is -2.56. The fraction of sp³-hybridized carbons (Fsp3) is 0.636. The Morgan fingerprint density at radius 3 is 2.32 bits per heavy atom. The fourth-order valence-electron chi connectivity index (χ4n) is 6.16. The van der Waals surface area contributed by atoms with Crippen molar-refractivity contribution >= 4 is 11.9 Å². The maximum absolute atomic E-state index is 12.4. The molecule has 0 aromatic heterocycles. The van der Waals surface area contributed by atoms with E-state index in [0.29, 0.717) is 5.75 Å². The van der Waals surface area contributed by atoms with E-state index in [2.05, 4.69) is 12.2 Å². The molecule has 4 bridgehead atoms. The van der Waals surface area contributed by atoms with E-state index in [9.17, 15) is 14.7 Å². The summed E-state index contributed by atoms with van der Waals surface area (Å²) in [7, 11) is 1.47. The van der Waals surface area contributed by atoms with Gasteiger partial charge in [0.2, 0.25) is 0 Å². The van der Waals surface area contributed by atoms with Crippen molar-refractivity contribution in [2.75, 3.05) is 13.7 Å². The molecule has 1 aromatic carbocycles. The number of carbonyl (C=O) groups excluding carboxylic acids is 2. The third kappa shape index (κ3) is 3.56. The highest BCUT2D eigenvalue weighted by atomic mass is 16.5. The molecule has 5 rings (SSSR count). The summed E-state index contributed by atoms with van der Waals surface area (Å²) in [6.45, 7) is 1.75. The predicted molar refractivity (Wildman–Crippen MR) is 103 cm³/mol. The Labute approximate surface area is 165 Å². The lowest BCUT2D eigenvalue weighted by molar-refractivity contribution is -0.128. The smallest absolute Gasteiger partial charge is 0.342 e. The number of hydrogen-bond acceptors (Lipinski definition) is 5. The molecule has 6 nitrogen and oxygen atoms in total. The first-order chi connectivity index (χ1) is 13.4. The first-order valence-corrected chi connectivity index (χ1v) is 10.2. The molecule has 1 amide bonds. The molecule has 0 spiro atoms. The third-order valence-electron chi connectivity index (χ3n) is 7.14. The van der Waals surface area contributed by atoms with Crippen LogP contribution in [0, 0.1) is 23.2 Å². The van der Waals surface area contributed by atoms with Crippen LogP contribution in [0.2, 0.25) is 0 Å². The summed E-state index contributed by atoms with van der Waals surface area (Å²) in [5, 5.41) is 13.0. The van der Waals surface area contributed by atoms with Crippen LogP contribution >= 0.6 is 0 Å². The highest BCUT2D eigenvalue weighted by Crippen LogP contribution is 2.61. The quantitative estimate of drug-likeness (QED) is 0.732. The lowest BCUT2D eigenvalue weighted by atomic mass is 9.48. The first-order valence-electron chi connectivity index (χ1n) is 10.2. The number of aromatic hydroxyl groups is 1. The number of methoxy groups -OCH3 is 1. The average Bonchev–Trinajstić information content (AvgIpc) is 2.64. The Kier molecular flexibility index (Phi) is 4.98. The maximum atomic E-state index is 12.4. The van der Waals surface area contributed by atoms with E-state index in [1.54, 1.807) is 6.07 Å². The zero-order chi connectivity index (χ0) is 19.9. The van der Waals surface area contributed by atoms with Crippen LogP contribution in [0.4, 0.5) is 0 Å². The summed E-state index contributed by atoms with van der Waals surface area (Å²) >= 11 is 0. The molecule has 0 radical (unpaired) electrons. The summed E-state index contributed by atoms with van der Waals surface area (Å²) in [5.74, 6) is 1.66. The number of esters is 1. The number of nitrogens with one attached hydrogen (secondary N) is 1. The number of benzene rings is 1. The highest BCUT2D eigenvalue weighted by molar-refractivity contribution is 5.94. The fourth-order valence-corrected chi connectivity index (χ4v) is 6.16. The van der Waals surface area contributed by atoms with E-state index >= 15 is 0 Å². The molecule has 4 saturated carbocycles. The standard InChI is InChI=1S/C22H29NO5/c1-13(22-9-14-5-15(10-22)7-16(6-14)11-22)23-20(25)12-28-21(26)18-4-3-17(27-2)8-19(18)24/h3-4,8,13-16,24H,5-7,9-12H2,1-2H3,(H,23,25)/t13-,14?,15?,16?,22?/m0/s1. The summed E-state index contributed by atoms with van der Waals surface area (Å²) in [5.41, 5.74) is 0.227. The first kappa shape index (κ1) is 19.1. The zero-order valence-corrected chi connectivity index (χ0v) is 16.6. The minimum absolute atomic E-state index is 0.0164. The van der Waals surface area contributed by atoms with Gasteiger partial charge in [0.05, 0.1) is 7.11 Å². The Morgan fingerprint density at radius 2 is 1.79 bits per heavy atom. The molecule has 2 N–H and O–H groups in total. The molecule has 0 aliphatic heterocycles. The van der Waals surface area contributed by atoms with Gasteiger partial charge >= 0.3 is 5.97 Å². The number of amides is 1. The van der Waals surface area contributed by atoms with Crippen molar-refractivity contribution in [1.82, 2.24) is 5.32 Å². The number of ether oxygens (including phenoxy) is 2. The number of carbonyl (C=O) groups is 2. The van der Waals surface area contributed by atoms with Gasteiger partial charge in [0.15, 0.2) is 6.61 Å². The van der Waals surface area contributed by atoms with E-state index in [4.69, 9.17) is 9.47 Å². The van der Waals surface area contributed by atoms with Crippen LogP contribution in [0.5, 0.6) is 11.5 Å². The van der Waals surface area contributed by atoms with Crippen LogP contribution < -0.4 is 10.1 Å². The SMILES string of the molecule is COc1ccc(C(=O)OCC(=O)N[C@@H](C)C23CC4CC(CC(C4)C2)C3)c(O)c1. The molecule has 1 atom stereocenters. The minimum atomic E-state index is -0.724. The van der Waals surface area contributed by atoms with E-state index in [1.165, 1.54) is 57.8 Å². The van der Waals surface area contributed by atoms with Crippen LogP contribution in [0.25, 0.3) is 0 Å². The van der Waals surface area contributed by atoms with Gasteiger partial charge in [-0.3, -0.25) is 4.79 Å². The second-order valence-electron chi connectivity index (χ2n) is 9.03. The number of phenolic OH excluding ortho intramolecular Hbond substituents is 1. The third-order valence-corrected chi connectivity index (χ3v) is 7.14. The van der Waals surface area contributed by atoms with Gasteiger partial charge in [0, 0.05) is 12.1 Å². The van der Waals surface area contributed by atoms with Crippen molar-refractivity contribution in [1.29, 1.82) is 0 Å². The molecular formula is C22H29NO5. The van der Waals surface area contributed by atoms with Gasteiger partial charge in [0.25, 0.3) is 5.91 Å². The summed E-state index contributed by atoms with van der Waals surface area (Å²) in [4.78, 5) is 24.6. The Balaban J connectivity index is 1.32. The van der Waals surface area contributed by atoms with Crippen molar-refractivity contribution < 1.29 is 24.2 Å². The summed E-state index contributed by atoms with van der Waals surface area (Å²) < 4.78 is 10.1. The van der Waals surface area contributed by atoms with Crippen molar-refractivity contribution in [3.63, 3.8) is 0 Å². The van der Waals surface area contributed by atoms with Crippen LogP contribution in [0.1, 0.15) is 55.8 Å². The molecule has 4 aliphatic rings. The van der Waals surface area contributed by atoms with Crippen molar-refractivity contribution in [3.8, 4) is 11.5 Å². The van der Waals surface area contributed by atoms with Crippen LogP contribution in [0.15, 0.2) is 18.2 Å². The molecule has 0 heterocycles. The maximum Gasteiger partial charge on any atom is 0.342 e. The lowest BCUT2D eigenvalue weighted by Gasteiger charge is -2.59. The minimum Gasteiger partial charge on any atom is -0.507 e. The zero-order valence-electron chi connectivity index (χ0n) is 16.6. The van der Waals surface area contributed by atoms with Gasteiger partial charge in [0.1, 0.15) is 17.1 Å². The average molecular weight is 387 g/mol. The monoisotopic (exact) mass is 387 g/mol. The predicted octanol–water partition coefficient (Wildman–Crippen LogP) is 3.28. The van der Waals surface area contributed by atoms with Gasteiger partial charge in [-0.15, -0.1) is 0 Å². The molecule has 1 aromatic rings. The molecule has 6 heteroatoms. The topological polar surface area (TPSA) is 84.9 Å². The molecule has 4 fully saturated rings. The van der Waals surface area contributed by atoms with Gasteiger partial charge in [-0.25, -0.2) is 4.79 Å². The second-order valence-corrected chi connectivity index (χ2v) is 9.03. The number of hydrogen-bond donors (Lipinski definition) is 2. The number of rotatable bonds is 6. The molecule has 28 heavy (non-hydrogen) atoms. The molecule has 0 saturated heterocycles. The summed E-state index contributed by atoms with van der Waals surface area (Å²) in [6.07, 6.45) is 7.72. The van der Waals surface area contributed by atoms with Crippen molar-refractivity contribution in [2.24, 2.45) is 23.2 Å². The van der Waals surface area contributed by atoms with Gasteiger partial charge in [-0.2, -0.15) is 0 Å². The van der Waals surface area contributed by atoms with E-state index in [0.717, 1.165) is 17.8 Å². The van der Waals surface area contributed by atoms with Crippen LogP contribution in [0.3, 0.4) is 0 Å². The van der Waals surface area contributed by atoms with Gasteiger partial charge < -0.3 is 19.9 Å². The van der Waals surface area contributed by atoms with Crippen molar-refractivity contribution in [2.45, 2.75) is 51.5 Å². The van der Waals surface area contributed by atoms with Crippen LogP contribution in [-0.4, -0.2) is 36.7 Å². The molecule has 4 aliphatic carbocycles. The van der Waals surface area contributed by atoms with Gasteiger partial charge in [-0.05, 0) is 80.8 Å².